The van der Waals surface area contributed by atoms with Crippen LogP contribution in [-0.2, 0) is 6.42 Å². The number of carbonyl (C=O) groups excluding carboxylic acids is 1. The molecule has 2 N–H and O–H groups in total. The highest BCUT2D eigenvalue weighted by atomic mass is 16.1. The Kier molecular flexibility index (Phi) is 2.49. The van der Waals surface area contributed by atoms with Crippen LogP contribution in [-0.4, -0.2) is 5.78 Å². The molecule has 0 bridgehead atoms. The first-order valence-corrected chi connectivity index (χ1v) is 6.53. The number of benzene rings is 2. The highest BCUT2D eigenvalue weighted by molar-refractivity contribution is 6.05. The van der Waals surface area contributed by atoms with Gasteiger partial charge in [0.1, 0.15) is 0 Å². The lowest BCUT2D eigenvalue weighted by Gasteiger charge is -2.16. The van der Waals surface area contributed by atoms with Gasteiger partial charge in [0.15, 0.2) is 5.78 Å². The largest absolute Gasteiger partial charge is 0.398 e. The van der Waals surface area contributed by atoms with Gasteiger partial charge in [-0.05, 0) is 60.6 Å². The van der Waals surface area contributed by atoms with Gasteiger partial charge in [0.25, 0.3) is 0 Å². The third-order valence-corrected chi connectivity index (χ3v) is 4.22. The number of anilines is 1. The van der Waals surface area contributed by atoms with Crippen LogP contribution in [0.4, 0.5) is 5.69 Å². The molecule has 2 aromatic rings. The lowest BCUT2D eigenvalue weighted by Crippen LogP contribution is -2.08. The molecule has 1 aliphatic rings. The molecule has 0 saturated heterocycles. The molecule has 2 nitrogen and oxygen atoms in total. The van der Waals surface area contributed by atoms with Crippen LogP contribution in [0.3, 0.4) is 0 Å². The maximum Gasteiger partial charge on any atom is 0.162 e. The number of nitrogen functional groups attached to an aromatic ring is 1. The minimum atomic E-state index is 0.0599. The summed E-state index contributed by atoms with van der Waals surface area (Å²) >= 11 is 0. The molecule has 0 saturated carbocycles. The zero-order chi connectivity index (χ0) is 13.7. The number of carbonyl (C=O) groups is 1. The summed E-state index contributed by atoms with van der Waals surface area (Å²) in [4.78, 5) is 12.0. The Balaban J connectivity index is 2.43. The normalized spacial score (nSPS) is 12.2. The molecule has 0 amide bonds. The van der Waals surface area contributed by atoms with Crippen molar-refractivity contribution in [3.05, 3.63) is 52.1 Å². The van der Waals surface area contributed by atoms with Crippen LogP contribution < -0.4 is 5.73 Å². The third kappa shape index (κ3) is 1.53. The van der Waals surface area contributed by atoms with Gasteiger partial charge in [0.05, 0.1) is 0 Å². The highest BCUT2D eigenvalue weighted by Gasteiger charge is 2.27. The summed E-state index contributed by atoms with van der Waals surface area (Å²) in [5, 5.41) is 0. The third-order valence-electron chi connectivity index (χ3n) is 4.22. The van der Waals surface area contributed by atoms with Crippen LogP contribution in [0.1, 0.15) is 39.5 Å². The van der Waals surface area contributed by atoms with Gasteiger partial charge < -0.3 is 5.73 Å². The van der Waals surface area contributed by atoms with Crippen molar-refractivity contribution < 1.29 is 4.79 Å². The van der Waals surface area contributed by atoms with Crippen LogP contribution in [0, 0.1) is 13.8 Å². The second-order valence-corrected chi connectivity index (χ2v) is 5.28. The summed E-state index contributed by atoms with van der Waals surface area (Å²) in [7, 11) is 0. The van der Waals surface area contributed by atoms with E-state index in [4.69, 9.17) is 5.73 Å². The average molecular weight is 251 g/mol. The van der Waals surface area contributed by atoms with Crippen LogP contribution >= 0.6 is 0 Å². The average Bonchev–Trinajstić information content (AvgIpc) is 2.74. The Hall–Kier alpha value is -2.09. The van der Waals surface area contributed by atoms with Crippen LogP contribution in [0.5, 0.6) is 0 Å². The lowest BCUT2D eigenvalue weighted by atomic mass is 9.89. The smallest absolute Gasteiger partial charge is 0.162 e. The highest BCUT2D eigenvalue weighted by Crippen LogP contribution is 2.44. The van der Waals surface area contributed by atoms with Gasteiger partial charge in [0, 0.05) is 11.3 Å². The Morgan fingerprint density at radius 2 is 1.84 bits per heavy atom. The van der Waals surface area contributed by atoms with Crippen LogP contribution in [0.25, 0.3) is 11.1 Å². The summed E-state index contributed by atoms with van der Waals surface area (Å²) in [6.07, 6.45) is 0.811. The molecule has 0 unspecified atom stereocenters. The van der Waals surface area contributed by atoms with E-state index in [0.717, 1.165) is 17.5 Å². The molecular formula is C17H17NO. The van der Waals surface area contributed by atoms with E-state index >= 15 is 0 Å². The van der Waals surface area contributed by atoms with Crippen molar-refractivity contribution in [2.45, 2.75) is 27.2 Å². The first kappa shape index (κ1) is 12.0. The van der Waals surface area contributed by atoms with E-state index in [1.807, 2.05) is 19.1 Å². The van der Waals surface area contributed by atoms with Gasteiger partial charge in [-0.25, -0.2) is 0 Å². The van der Waals surface area contributed by atoms with Gasteiger partial charge >= 0.3 is 0 Å². The van der Waals surface area contributed by atoms with Gasteiger partial charge in [-0.3, -0.25) is 4.79 Å². The van der Waals surface area contributed by atoms with E-state index in [1.54, 1.807) is 6.92 Å². The van der Waals surface area contributed by atoms with Crippen molar-refractivity contribution >= 4 is 11.5 Å². The molecule has 96 valence electrons. The van der Waals surface area contributed by atoms with Crippen molar-refractivity contribution in [1.29, 1.82) is 0 Å². The first-order valence-electron chi connectivity index (χ1n) is 6.53. The Bertz CT molecular complexity index is 714. The van der Waals surface area contributed by atoms with Gasteiger partial charge in [0.2, 0.25) is 0 Å². The Morgan fingerprint density at radius 3 is 2.53 bits per heavy atom. The zero-order valence-corrected chi connectivity index (χ0v) is 11.5. The quantitative estimate of drug-likeness (QED) is 0.530. The van der Waals surface area contributed by atoms with E-state index in [1.165, 1.54) is 22.3 Å². The minimum Gasteiger partial charge on any atom is -0.398 e. The zero-order valence-electron chi connectivity index (χ0n) is 11.5. The van der Waals surface area contributed by atoms with Crippen molar-refractivity contribution in [3.8, 4) is 11.1 Å². The van der Waals surface area contributed by atoms with E-state index in [9.17, 15) is 4.79 Å². The predicted octanol–water partition coefficient (Wildman–Crippen LogP) is 3.66. The van der Waals surface area contributed by atoms with Gasteiger partial charge in [-0.1, -0.05) is 24.3 Å². The minimum absolute atomic E-state index is 0.0599. The SMILES string of the molecule is CC(=O)c1c(N)c(C)c(C)c2c1Cc1ccccc1-2. The first-order chi connectivity index (χ1) is 9.02. The summed E-state index contributed by atoms with van der Waals surface area (Å²) in [5.74, 6) is 0.0599. The molecule has 19 heavy (non-hydrogen) atoms. The van der Waals surface area contributed by atoms with Crippen molar-refractivity contribution in [2.24, 2.45) is 0 Å². The second kappa shape index (κ2) is 3.95. The number of Topliss-reactive ketones (excluding diaryl/α,β-unsaturated/α-hetero) is 1. The van der Waals surface area contributed by atoms with Crippen molar-refractivity contribution in [2.75, 3.05) is 5.73 Å². The lowest BCUT2D eigenvalue weighted by molar-refractivity contribution is 0.101. The van der Waals surface area contributed by atoms with Crippen molar-refractivity contribution in [3.63, 3.8) is 0 Å². The molecule has 1 aliphatic carbocycles. The maximum atomic E-state index is 12.0. The second-order valence-electron chi connectivity index (χ2n) is 5.28. The fourth-order valence-electron chi connectivity index (χ4n) is 3.14. The molecule has 3 rings (SSSR count). The van der Waals surface area contributed by atoms with Crippen molar-refractivity contribution in [1.82, 2.24) is 0 Å². The molecule has 2 aromatic carbocycles. The molecule has 0 spiro atoms. The molecule has 0 atom stereocenters. The van der Waals surface area contributed by atoms with Crippen LogP contribution in [0.2, 0.25) is 0 Å². The standard InChI is InChI=1S/C17H17NO/c1-9-10(2)17(18)16(11(3)19)14-8-12-6-4-5-7-13(12)15(9)14/h4-7H,8,18H2,1-3H3. The number of nitrogens with two attached hydrogens (primary N) is 1. The fraction of sp³-hybridized carbons (Fsp3) is 0.235. The molecule has 0 aliphatic heterocycles. The Labute approximate surface area is 113 Å². The number of hydrogen-bond donors (Lipinski definition) is 1. The topological polar surface area (TPSA) is 43.1 Å². The molecule has 0 aromatic heterocycles. The summed E-state index contributed by atoms with van der Waals surface area (Å²) in [6.45, 7) is 5.69. The number of fused-ring (bicyclic) bond motifs is 3. The van der Waals surface area contributed by atoms with Crippen LogP contribution in [0.15, 0.2) is 24.3 Å². The van der Waals surface area contributed by atoms with E-state index in [-0.39, 0.29) is 5.78 Å². The van der Waals surface area contributed by atoms with E-state index in [0.29, 0.717) is 11.3 Å². The fourth-order valence-corrected chi connectivity index (χ4v) is 3.14. The van der Waals surface area contributed by atoms with E-state index < -0.39 is 0 Å². The Morgan fingerprint density at radius 1 is 1.16 bits per heavy atom. The summed E-state index contributed by atoms with van der Waals surface area (Å²) in [5.41, 5.74) is 14.6. The molecule has 0 heterocycles. The summed E-state index contributed by atoms with van der Waals surface area (Å²) < 4.78 is 0. The monoisotopic (exact) mass is 251 g/mol. The molecule has 2 heteroatoms. The summed E-state index contributed by atoms with van der Waals surface area (Å²) in [6, 6.07) is 8.36. The van der Waals surface area contributed by atoms with E-state index in [2.05, 4.69) is 19.1 Å². The molecular weight excluding hydrogens is 234 g/mol. The molecule has 0 fully saturated rings. The van der Waals surface area contributed by atoms with Gasteiger partial charge in [-0.15, -0.1) is 0 Å². The predicted molar refractivity (Wildman–Crippen MR) is 78.6 cm³/mol. The number of rotatable bonds is 1. The maximum absolute atomic E-state index is 12.0. The number of hydrogen-bond acceptors (Lipinski definition) is 2. The molecule has 0 radical (unpaired) electrons. The number of ketones is 1. The van der Waals surface area contributed by atoms with Gasteiger partial charge in [-0.2, -0.15) is 0 Å².